The van der Waals surface area contributed by atoms with Crippen LogP contribution in [0.1, 0.15) is 49.9 Å². The molecule has 1 atom stereocenters. The lowest BCUT2D eigenvalue weighted by atomic mass is 9.95. The van der Waals surface area contributed by atoms with Gasteiger partial charge in [-0.2, -0.15) is 0 Å². The van der Waals surface area contributed by atoms with Gasteiger partial charge >= 0.3 is 0 Å². The van der Waals surface area contributed by atoms with Gasteiger partial charge in [-0.05, 0) is 63.8 Å². The first kappa shape index (κ1) is 21.8. The van der Waals surface area contributed by atoms with Crippen LogP contribution in [0.3, 0.4) is 0 Å². The van der Waals surface area contributed by atoms with Gasteiger partial charge in [-0.15, -0.1) is 0 Å². The Morgan fingerprint density at radius 2 is 1.79 bits per heavy atom. The molecular formula is C23H32ClN3O2. The fourth-order valence-corrected chi connectivity index (χ4v) is 4.17. The van der Waals surface area contributed by atoms with Crippen molar-refractivity contribution < 1.29 is 9.59 Å². The third-order valence-corrected chi connectivity index (χ3v) is 6.11. The van der Waals surface area contributed by atoms with E-state index in [1.807, 2.05) is 0 Å². The third kappa shape index (κ3) is 6.31. The summed E-state index contributed by atoms with van der Waals surface area (Å²) in [7, 11) is 0. The summed E-state index contributed by atoms with van der Waals surface area (Å²) in [6, 6.07) is 7.20. The second-order valence-electron chi connectivity index (χ2n) is 8.46. The quantitative estimate of drug-likeness (QED) is 0.742. The molecule has 158 valence electrons. The van der Waals surface area contributed by atoms with Crippen LogP contribution in [0.5, 0.6) is 0 Å². The van der Waals surface area contributed by atoms with Gasteiger partial charge in [0.05, 0.1) is 5.92 Å². The zero-order valence-corrected chi connectivity index (χ0v) is 18.3. The van der Waals surface area contributed by atoms with Crippen molar-refractivity contribution >= 4 is 23.4 Å². The minimum absolute atomic E-state index is 0.0215. The summed E-state index contributed by atoms with van der Waals surface area (Å²) in [5.41, 5.74) is 1.97. The van der Waals surface area contributed by atoms with E-state index in [9.17, 15) is 9.59 Å². The average molecular weight is 418 g/mol. The van der Waals surface area contributed by atoms with Gasteiger partial charge in [0, 0.05) is 49.4 Å². The van der Waals surface area contributed by atoms with Crippen LogP contribution in [0.4, 0.5) is 0 Å². The third-order valence-electron chi connectivity index (χ3n) is 5.86. The zero-order valence-electron chi connectivity index (χ0n) is 17.5. The van der Waals surface area contributed by atoms with Gasteiger partial charge < -0.3 is 10.2 Å². The predicted octanol–water partition coefficient (Wildman–Crippen LogP) is 3.74. The van der Waals surface area contributed by atoms with E-state index < -0.39 is 0 Å². The number of likely N-dealkylation sites (tertiary alicyclic amines) is 2. The molecule has 1 aromatic carbocycles. The number of nitrogens with one attached hydrogen (secondary N) is 1. The van der Waals surface area contributed by atoms with Crippen molar-refractivity contribution in [2.75, 3.05) is 32.7 Å². The fraction of sp³-hybridized carbons (Fsp3) is 0.565. The van der Waals surface area contributed by atoms with Gasteiger partial charge in [-0.1, -0.05) is 23.3 Å². The lowest BCUT2D eigenvalue weighted by Crippen LogP contribution is -2.50. The fourth-order valence-electron chi connectivity index (χ4n) is 4.04. The van der Waals surface area contributed by atoms with Crippen LogP contribution in [0, 0.1) is 5.92 Å². The molecule has 0 bridgehead atoms. The van der Waals surface area contributed by atoms with Crippen molar-refractivity contribution in [3.8, 4) is 0 Å². The molecule has 2 amide bonds. The molecule has 2 aliphatic heterocycles. The SMILES string of the molecule is CC(C)=CCN1CCC(NC(=O)C2CCCN(C(=O)c3ccc(Cl)cc3)C2)CC1. The molecule has 0 aliphatic carbocycles. The van der Waals surface area contributed by atoms with Crippen LogP contribution >= 0.6 is 11.6 Å². The lowest BCUT2D eigenvalue weighted by molar-refractivity contribution is -0.127. The molecule has 2 fully saturated rings. The van der Waals surface area contributed by atoms with Gasteiger partial charge in [0.1, 0.15) is 0 Å². The van der Waals surface area contributed by atoms with Crippen molar-refractivity contribution in [2.45, 2.75) is 45.6 Å². The number of allylic oxidation sites excluding steroid dienone is 1. The van der Waals surface area contributed by atoms with Crippen LogP contribution in [-0.2, 0) is 4.79 Å². The molecule has 1 unspecified atom stereocenters. The Bertz CT molecular complexity index is 735. The van der Waals surface area contributed by atoms with Gasteiger partial charge in [-0.25, -0.2) is 0 Å². The minimum atomic E-state index is -0.122. The summed E-state index contributed by atoms with van der Waals surface area (Å²) >= 11 is 5.92. The number of amides is 2. The molecule has 2 saturated heterocycles. The highest BCUT2D eigenvalue weighted by molar-refractivity contribution is 6.30. The first-order chi connectivity index (χ1) is 13.9. The van der Waals surface area contributed by atoms with Gasteiger partial charge in [0.2, 0.25) is 5.91 Å². The monoisotopic (exact) mass is 417 g/mol. The van der Waals surface area contributed by atoms with E-state index in [4.69, 9.17) is 11.6 Å². The Labute approximate surface area is 179 Å². The summed E-state index contributed by atoms with van der Waals surface area (Å²) in [6.45, 7) is 8.46. The van der Waals surface area contributed by atoms with Crippen molar-refractivity contribution in [2.24, 2.45) is 5.92 Å². The van der Waals surface area contributed by atoms with E-state index in [2.05, 4.69) is 30.1 Å². The van der Waals surface area contributed by atoms with Crippen molar-refractivity contribution in [1.29, 1.82) is 0 Å². The Balaban J connectivity index is 1.48. The number of benzene rings is 1. The molecule has 0 spiro atoms. The van der Waals surface area contributed by atoms with Gasteiger partial charge in [0.15, 0.2) is 0 Å². The van der Waals surface area contributed by atoms with Gasteiger partial charge in [0.25, 0.3) is 5.91 Å². The highest BCUT2D eigenvalue weighted by Crippen LogP contribution is 2.21. The number of carbonyl (C=O) groups excluding carboxylic acids is 2. The summed E-state index contributed by atoms with van der Waals surface area (Å²) in [4.78, 5) is 29.8. The summed E-state index contributed by atoms with van der Waals surface area (Å²) in [5, 5.41) is 3.86. The van der Waals surface area contributed by atoms with E-state index >= 15 is 0 Å². The van der Waals surface area contributed by atoms with Crippen LogP contribution < -0.4 is 5.32 Å². The molecule has 29 heavy (non-hydrogen) atoms. The summed E-state index contributed by atoms with van der Waals surface area (Å²) in [6.07, 6.45) is 5.94. The van der Waals surface area contributed by atoms with Gasteiger partial charge in [-0.3, -0.25) is 14.5 Å². The average Bonchev–Trinajstić information content (AvgIpc) is 2.73. The largest absolute Gasteiger partial charge is 0.353 e. The Hall–Kier alpha value is -1.85. The van der Waals surface area contributed by atoms with Crippen LogP contribution in [-0.4, -0.2) is 60.4 Å². The maximum absolute atomic E-state index is 12.8. The van der Waals surface area contributed by atoms with E-state index in [0.717, 1.165) is 45.3 Å². The first-order valence-electron chi connectivity index (χ1n) is 10.6. The van der Waals surface area contributed by atoms with E-state index in [1.165, 1.54) is 5.57 Å². The maximum Gasteiger partial charge on any atom is 0.253 e. The molecule has 2 aliphatic rings. The molecule has 3 rings (SSSR count). The predicted molar refractivity (Wildman–Crippen MR) is 117 cm³/mol. The van der Waals surface area contributed by atoms with Crippen LogP contribution in [0.25, 0.3) is 0 Å². The minimum Gasteiger partial charge on any atom is -0.353 e. The van der Waals surface area contributed by atoms with Crippen LogP contribution in [0.15, 0.2) is 35.9 Å². The molecule has 2 heterocycles. The number of carbonyl (C=O) groups is 2. The summed E-state index contributed by atoms with van der Waals surface area (Å²) in [5.74, 6) is -0.0446. The first-order valence-corrected chi connectivity index (χ1v) is 11.0. The van der Waals surface area contributed by atoms with Crippen molar-refractivity contribution in [3.05, 3.63) is 46.5 Å². The topological polar surface area (TPSA) is 52.7 Å². The molecule has 1 aromatic rings. The summed E-state index contributed by atoms with van der Waals surface area (Å²) < 4.78 is 0. The number of halogens is 1. The maximum atomic E-state index is 12.8. The number of hydrogen-bond acceptors (Lipinski definition) is 3. The van der Waals surface area contributed by atoms with Crippen molar-refractivity contribution in [1.82, 2.24) is 15.1 Å². The standard InChI is InChI=1S/C23H32ClN3O2/c1-17(2)9-13-26-14-10-21(11-15-26)25-22(28)19-4-3-12-27(16-19)23(29)18-5-7-20(24)8-6-18/h5-9,19,21H,3-4,10-16H2,1-2H3,(H,25,28). The van der Waals surface area contributed by atoms with Crippen LogP contribution in [0.2, 0.25) is 5.02 Å². The molecule has 0 saturated carbocycles. The molecule has 6 heteroatoms. The molecule has 0 aromatic heterocycles. The Kier molecular flexibility index (Phi) is 7.73. The Morgan fingerprint density at radius 3 is 2.45 bits per heavy atom. The van der Waals surface area contributed by atoms with E-state index in [0.29, 0.717) is 23.7 Å². The highest BCUT2D eigenvalue weighted by Gasteiger charge is 2.30. The lowest BCUT2D eigenvalue weighted by Gasteiger charge is -2.35. The molecule has 5 nitrogen and oxygen atoms in total. The van der Waals surface area contributed by atoms with E-state index in [1.54, 1.807) is 29.2 Å². The number of rotatable bonds is 5. The van der Waals surface area contributed by atoms with E-state index in [-0.39, 0.29) is 23.8 Å². The molecular weight excluding hydrogens is 386 g/mol. The second kappa shape index (κ2) is 10.3. The highest BCUT2D eigenvalue weighted by atomic mass is 35.5. The number of hydrogen-bond donors (Lipinski definition) is 1. The normalized spacial score (nSPS) is 20.9. The molecule has 1 N–H and O–H groups in total. The smallest absolute Gasteiger partial charge is 0.253 e. The molecule has 0 radical (unpaired) electrons. The second-order valence-corrected chi connectivity index (χ2v) is 8.90. The number of nitrogens with zero attached hydrogens (tertiary/aromatic N) is 2. The Morgan fingerprint density at radius 1 is 1.10 bits per heavy atom. The van der Waals surface area contributed by atoms with Crippen molar-refractivity contribution in [3.63, 3.8) is 0 Å². The zero-order chi connectivity index (χ0) is 20.8. The number of piperidine rings is 2.